The molecule has 6 heteroatoms. The Hall–Kier alpha value is -1.37. The Morgan fingerprint density at radius 1 is 1.42 bits per heavy atom. The molecule has 0 spiro atoms. The fourth-order valence-electron chi connectivity index (χ4n) is 1.60. The minimum atomic E-state index is -0.769. The molecule has 0 aliphatic heterocycles. The molecule has 2 aromatic rings. The van der Waals surface area contributed by atoms with Crippen LogP contribution in [0.5, 0.6) is 0 Å². The molecule has 0 amide bonds. The van der Waals surface area contributed by atoms with E-state index in [0.29, 0.717) is 24.5 Å². The predicted molar refractivity (Wildman–Crippen MR) is 73.7 cm³/mol. The molecule has 1 atom stereocenters. The first kappa shape index (κ1) is 14.0. The van der Waals surface area contributed by atoms with E-state index in [0.717, 1.165) is 0 Å². The van der Waals surface area contributed by atoms with Crippen molar-refractivity contribution in [3.63, 3.8) is 0 Å². The van der Waals surface area contributed by atoms with Crippen molar-refractivity contribution in [1.82, 2.24) is 10.1 Å². The normalized spacial score (nSPS) is 12.6. The van der Waals surface area contributed by atoms with Crippen LogP contribution in [0.1, 0.15) is 29.8 Å². The van der Waals surface area contributed by atoms with Gasteiger partial charge in [0, 0.05) is 4.90 Å². The van der Waals surface area contributed by atoms with Crippen LogP contribution in [0.2, 0.25) is 0 Å². The summed E-state index contributed by atoms with van der Waals surface area (Å²) in [6.07, 6.45) is -0.346. The van der Waals surface area contributed by atoms with Crippen LogP contribution in [0.3, 0.4) is 0 Å². The third-order valence-corrected chi connectivity index (χ3v) is 3.83. The first-order valence-corrected chi connectivity index (χ1v) is 7.08. The lowest BCUT2D eigenvalue weighted by molar-refractivity contribution is 0.127. The highest BCUT2D eigenvalue weighted by molar-refractivity contribution is 7.98. The molecular weight excluding hydrogens is 262 g/mol. The average molecular weight is 279 g/mol. The first-order valence-electron chi connectivity index (χ1n) is 6.09. The fraction of sp³-hybridized carbons (Fsp3) is 0.385. The number of aliphatic hydroxyl groups is 1. The summed E-state index contributed by atoms with van der Waals surface area (Å²) in [5, 5.41) is 13.5. The van der Waals surface area contributed by atoms with Gasteiger partial charge in [0.2, 0.25) is 0 Å². The van der Waals surface area contributed by atoms with Crippen LogP contribution in [0, 0.1) is 6.92 Å². The van der Waals surface area contributed by atoms with Crippen molar-refractivity contribution in [3.8, 4) is 0 Å². The lowest BCUT2D eigenvalue weighted by atomic mass is 10.2. The zero-order chi connectivity index (χ0) is 13.7. The third kappa shape index (κ3) is 3.79. The molecule has 1 heterocycles. The highest BCUT2D eigenvalue weighted by Crippen LogP contribution is 2.25. The molecule has 3 N–H and O–H groups in total. The van der Waals surface area contributed by atoms with E-state index >= 15 is 0 Å². The molecule has 0 aliphatic rings. The van der Waals surface area contributed by atoms with Gasteiger partial charge in [-0.3, -0.25) is 0 Å². The Balaban J connectivity index is 1.95. The van der Waals surface area contributed by atoms with Crippen LogP contribution >= 0.6 is 11.8 Å². The van der Waals surface area contributed by atoms with E-state index in [1.807, 2.05) is 12.1 Å². The molecule has 0 aliphatic carbocycles. The van der Waals surface area contributed by atoms with Crippen molar-refractivity contribution in [3.05, 3.63) is 41.5 Å². The van der Waals surface area contributed by atoms with E-state index < -0.39 is 6.10 Å². The predicted octanol–water partition coefficient (Wildman–Crippen LogP) is 2.05. The van der Waals surface area contributed by atoms with Crippen molar-refractivity contribution in [2.24, 2.45) is 5.73 Å². The highest BCUT2D eigenvalue weighted by atomic mass is 32.2. The molecule has 5 nitrogen and oxygen atoms in total. The lowest BCUT2D eigenvalue weighted by Crippen LogP contribution is -2.06. The molecule has 19 heavy (non-hydrogen) atoms. The van der Waals surface area contributed by atoms with E-state index in [1.165, 1.54) is 10.5 Å². The van der Waals surface area contributed by atoms with Gasteiger partial charge in [0.25, 0.3) is 5.89 Å². The summed E-state index contributed by atoms with van der Waals surface area (Å²) in [6.45, 7) is 2.45. The molecule has 0 radical (unpaired) electrons. The summed E-state index contributed by atoms with van der Waals surface area (Å²) in [5.74, 6) is 1.44. The Labute approximate surface area is 116 Å². The number of nitrogens with two attached hydrogens (primary N) is 1. The van der Waals surface area contributed by atoms with Gasteiger partial charge in [0.1, 0.15) is 6.10 Å². The van der Waals surface area contributed by atoms with Crippen molar-refractivity contribution in [1.29, 1.82) is 0 Å². The van der Waals surface area contributed by atoms with Gasteiger partial charge >= 0.3 is 0 Å². The van der Waals surface area contributed by atoms with Gasteiger partial charge in [0.05, 0.1) is 5.75 Å². The maximum absolute atomic E-state index is 9.68. The largest absolute Gasteiger partial charge is 0.383 e. The second-order valence-electron chi connectivity index (χ2n) is 4.20. The maximum Gasteiger partial charge on any atom is 0.255 e. The van der Waals surface area contributed by atoms with Gasteiger partial charge in [0.15, 0.2) is 5.82 Å². The molecule has 0 fully saturated rings. The summed E-state index contributed by atoms with van der Waals surface area (Å²) in [6, 6.07) is 8.14. The van der Waals surface area contributed by atoms with E-state index in [4.69, 9.17) is 10.3 Å². The van der Waals surface area contributed by atoms with Crippen LogP contribution in [0.15, 0.2) is 33.7 Å². The zero-order valence-corrected chi connectivity index (χ0v) is 11.6. The molecule has 1 aromatic heterocycles. The molecule has 0 saturated carbocycles. The van der Waals surface area contributed by atoms with Crippen molar-refractivity contribution < 1.29 is 9.63 Å². The average Bonchev–Trinajstić information content (AvgIpc) is 2.87. The summed E-state index contributed by atoms with van der Waals surface area (Å²) < 4.78 is 5.02. The van der Waals surface area contributed by atoms with E-state index in [2.05, 4.69) is 29.2 Å². The van der Waals surface area contributed by atoms with Crippen LogP contribution in [-0.2, 0) is 5.75 Å². The number of hydrogen-bond donors (Lipinski definition) is 2. The Bertz CT molecular complexity index is 530. The van der Waals surface area contributed by atoms with Crippen LogP contribution < -0.4 is 5.73 Å². The van der Waals surface area contributed by atoms with E-state index in [9.17, 15) is 5.11 Å². The standard InChI is InChI=1S/C13H17N3O2S/c1-9-4-2-3-5-11(9)19-8-12-15-13(18-16-12)10(17)6-7-14/h2-5,10,17H,6-8,14H2,1H3/t10-/m0/s1. The Morgan fingerprint density at radius 3 is 2.95 bits per heavy atom. The first-order chi connectivity index (χ1) is 9.20. The molecule has 0 unspecified atom stereocenters. The summed E-state index contributed by atoms with van der Waals surface area (Å²) in [5.41, 5.74) is 6.59. The van der Waals surface area contributed by atoms with Crippen LogP contribution in [0.25, 0.3) is 0 Å². The van der Waals surface area contributed by atoms with E-state index in [-0.39, 0.29) is 5.89 Å². The zero-order valence-electron chi connectivity index (χ0n) is 10.7. The van der Waals surface area contributed by atoms with E-state index in [1.54, 1.807) is 11.8 Å². The molecule has 2 rings (SSSR count). The number of aliphatic hydroxyl groups excluding tert-OH is 1. The molecule has 102 valence electrons. The number of nitrogens with zero attached hydrogens (tertiary/aromatic N) is 2. The molecular formula is C13H17N3O2S. The molecule has 1 aromatic carbocycles. The smallest absolute Gasteiger partial charge is 0.255 e. The van der Waals surface area contributed by atoms with Gasteiger partial charge in [-0.15, -0.1) is 11.8 Å². The third-order valence-electron chi connectivity index (χ3n) is 2.66. The number of rotatable bonds is 6. The summed E-state index contributed by atoms with van der Waals surface area (Å²) >= 11 is 1.65. The topological polar surface area (TPSA) is 85.2 Å². The van der Waals surface area contributed by atoms with Crippen molar-refractivity contribution in [2.75, 3.05) is 6.54 Å². The number of benzene rings is 1. The Kier molecular flexibility index (Phi) is 4.95. The van der Waals surface area contributed by atoms with Gasteiger partial charge < -0.3 is 15.4 Å². The molecule has 0 bridgehead atoms. The maximum atomic E-state index is 9.68. The van der Waals surface area contributed by atoms with Gasteiger partial charge in [-0.25, -0.2) is 0 Å². The molecule has 0 saturated heterocycles. The van der Waals surface area contributed by atoms with Crippen molar-refractivity contribution >= 4 is 11.8 Å². The Morgan fingerprint density at radius 2 is 2.21 bits per heavy atom. The number of aryl methyl sites for hydroxylation is 1. The number of hydrogen-bond acceptors (Lipinski definition) is 6. The number of aromatic nitrogens is 2. The summed E-state index contributed by atoms with van der Waals surface area (Å²) in [4.78, 5) is 5.36. The fourth-order valence-corrected chi connectivity index (χ4v) is 2.48. The minimum absolute atomic E-state index is 0.242. The quantitative estimate of drug-likeness (QED) is 0.787. The van der Waals surface area contributed by atoms with Gasteiger partial charge in [-0.2, -0.15) is 4.98 Å². The lowest BCUT2D eigenvalue weighted by Gasteiger charge is -2.02. The second kappa shape index (κ2) is 6.70. The monoisotopic (exact) mass is 279 g/mol. The summed E-state index contributed by atoms with van der Waals surface area (Å²) in [7, 11) is 0. The minimum Gasteiger partial charge on any atom is -0.383 e. The van der Waals surface area contributed by atoms with Crippen LogP contribution in [0.4, 0.5) is 0 Å². The second-order valence-corrected chi connectivity index (χ2v) is 5.21. The van der Waals surface area contributed by atoms with Gasteiger partial charge in [-0.1, -0.05) is 23.4 Å². The van der Waals surface area contributed by atoms with Crippen molar-refractivity contribution in [2.45, 2.75) is 30.1 Å². The van der Waals surface area contributed by atoms with Gasteiger partial charge in [-0.05, 0) is 31.5 Å². The van der Waals surface area contributed by atoms with Crippen LogP contribution in [-0.4, -0.2) is 21.8 Å². The SMILES string of the molecule is Cc1ccccc1SCc1noc([C@@H](O)CCN)n1. The number of thioether (sulfide) groups is 1. The highest BCUT2D eigenvalue weighted by Gasteiger charge is 2.15.